The van der Waals surface area contributed by atoms with Gasteiger partial charge < -0.3 is 10.5 Å². The highest BCUT2D eigenvalue weighted by atomic mass is 16.4. The number of benzene rings is 1. The molecule has 0 saturated carbocycles. The number of hydrogen-bond donors (Lipinski definition) is 3. The van der Waals surface area contributed by atoms with E-state index in [2.05, 4.69) is 20.7 Å². The van der Waals surface area contributed by atoms with Gasteiger partial charge in [0.25, 0.3) is 5.91 Å². The summed E-state index contributed by atoms with van der Waals surface area (Å²) < 4.78 is 0. The number of H-pyrrole nitrogens is 1. The van der Waals surface area contributed by atoms with Crippen molar-refractivity contribution in [1.29, 1.82) is 0 Å². The lowest BCUT2D eigenvalue weighted by Gasteiger charge is -2.09. The summed E-state index contributed by atoms with van der Waals surface area (Å²) in [6, 6.07) is 7.12. The fourth-order valence-corrected chi connectivity index (χ4v) is 1.73. The summed E-state index contributed by atoms with van der Waals surface area (Å²) in [5, 5.41) is 21.3. The minimum Gasteiger partial charge on any atom is -0.411 e. The molecule has 6 nitrogen and oxygen atoms in total. The van der Waals surface area contributed by atoms with Gasteiger partial charge in [0, 0.05) is 11.3 Å². The van der Waals surface area contributed by atoms with Crippen molar-refractivity contribution in [1.82, 2.24) is 10.2 Å². The van der Waals surface area contributed by atoms with Crippen LogP contribution >= 0.6 is 0 Å². The molecule has 0 atom stereocenters. The van der Waals surface area contributed by atoms with Gasteiger partial charge in [-0.1, -0.05) is 23.4 Å². The van der Waals surface area contributed by atoms with Crippen LogP contribution < -0.4 is 5.32 Å². The van der Waals surface area contributed by atoms with E-state index in [4.69, 9.17) is 5.21 Å². The van der Waals surface area contributed by atoms with Crippen molar-refractivity contribution < 1.29 is 10.0 Å². The standard InChI is InChI=1S/C13H14N4O2/c1-8-11(7-14-16-8)13(18)15-12-6-4-3-5-10(12)9(2)17-19/h3-7,19H,1-2H3,(H,14,16)(H,15,18). The number of amides is 1. The van der Waals surface area contributed by atoms with Crippen molar-refractivity contribution >= 4 is 17.3 Å². The minimum atomic E-state index is -0.260. The van der Waals surface area contributed by atoms with E-state index >= 15 is 0 Å². The highest BCUT2D eigenvalue weighted by molar-refractivity contribution is 6.10. The summed E-state index contributed by atoms with van der Waals surface area (Å²) >= 11 is 0. The molecule has 1 aromatic carbocycles. The number of aromatic nitrogens is 2. The fraction of sp³-hybridized carbons (Fsp3) is 0.154. The van der Waals surface area contributed by atoms with Crippen molar-refractivity contribution in [2.75, 3.05) is 5.32 Å². The summed E-state index contributed by atoms with van der Waals surface area (Å²) in [6.07, 6.45) is 1.47. The van der Waals surface area contributed by atoms with E-state index in [0.29, 0.717) is 28.2 Å². The van der Waals surface area contributed by atoms with Gasteiger partial charge in [-0.3, -0.25) is 9.89 Å². The minimum absolute atomic E-state index is 0.260. The number of aromatic amines is 1. The van der Waals surface area contributed by atoms with Gasteiger partial charge in [0.15, 0.2) is 0 Å². The number of hydrogen-bond acceptors (Lipinski definition) is 4. The lowest BCUT2D eigenvalue weighted by Crippen LogP contribution is -2.14. The number of carbonyl (C=O) groups is 1. The molecule has 0 radical (unpaired) electrons. The maximum absolute atomic E-state index is 12.1. The summed E-state index contributed by atoms with van der Waals surface area (Å²) in [7, 11) is 0. The molecule has 0 spiro atoms. The Hall–Kier alpha value is -2.63. The zero-order chi connectivity index (χ0) is 13.8. The number of aryl methyl sites for hydroxylation is 1. The van der Waals surface area contributed by atoms with E-state index in [0.717, 1.165) is 0 Å². The Labute approximate surface area is 110 Å². The van der Waals surface area contributed by atoms with Crippen molar-refractivity contribution in [2.45, 2.75) is 13.8 Å². The fourth-order valence-electron chi connectivity index (χ4n) is 1.73. The SMILES string of the molecule is CC(=NO)c1ccccc1NC(=O)c1cn[nH]c1C. The third kappa shape index (κ3) is 2.62. The Kier molecular flexibility index (Phi) is 3.61. The van der Waals surface area contributed by atoms with Crippen LogP contribution in [0.1, 0.15) is 28.5 Å². The van der Waals surface area contributed by atoms with E-state index in [9.17, 15) is 4.79 Å². The van der Waals surface area contributed by atoms with Crippen LogP contribution in [0.25, 0.3) is 0 Å². The Balaban J connectivity index is 2.30. The molecular formula is C13H14N4O2. The molecule has 0 aliphatic rings. The molecule has 2 aromatic rings. The first-order chi connectivity index (χ1) is 9.13. The second-order valence-corrected chi connectivity index (χ2v) is 4.09. The van der Waals surface area contributed by atoms with Gasteiger partial charge in [0.1, 0.15) is 0 Å². The first-order valence-electron chi connectivity index (χ1n) is 5.73. The molecule has 1 heterocycles. The van der Waals surface area contributed by atoms with Crippen molar-refractivity contribution in [2.24, 2.45) is 5.16 Å². The van der Waals surface area contributed by atoms with Crippen molar-refractivity contribution in [3.8, 4) is 0 Å². The van der Waals surface area contributed by atoms with Crippen LogP contribution in [-0.4, -0.2) is 27.0 Å². The third-order valence-corrected chi connectivity index (χ3v) is 2.79. The van der Waals surface area contributed by atoms with Crippen LogP contribution in [0.15, 0.2) is 35.6 Å². The maximum atomic E-state index is 12.1. The number of carbonyl (C=O) groups excluding carboxylic acids is 1. The molecule has 0 bridgehead atoms. The molecule has 1 amide bonds. The number of nitrogens with zero attached hydrogens (tertiary/aromatic N) is 2. The predicted molar refractivity (Wildman–Crippen MR) is 71.7 cm³/mol. The van der Waals surface area contributed by atoms with E-state index in [1.54, 1.807) is 32.0 Å². The molecule has 0 unspecified atom stereocenters. The molecule has 6 heteroatoms. The Bertz CT molecular complexity index is 631. The Morgan fingerprint density at radius 2 is 2.11 bits per heavy atom. The second kappa shape index (κ2) is 5.34. The van der Waals surface area contributed by atoms with Gasteiger partial charge in [-0.25, -0.2) is 0 Å². The van der Waals surface area contributed by atoms with Crippen LogP contribution in [0.3, 0.4) is 0 Å². The zero-order valence-electron chi connectivity index (χ0n) is 10.6. The number of oxime groups is 1. The number of anilines is 1. The van der Waals surface area contributed by atoms with Crippen LogP contribution in [0, 0.1) is 6.92 Å². The first-order valence-corrected chi connectivity index (χ1v) is 5.73. The lowest BCUT2D eigenvalue weighted by molar-refractivity contribution is 0.102. The van der Waals surface area contributed by atoms with Crippen molar-refractivity contribution in [3.05, 3.63) is 47.3 Å². The van der Waals surface area contributed by atoms with Gasteiger partial charge in [0.2, 0.25) is 0 Å². The smallest absolute Gasteiger partial charge is 0.259 e. The second-order valence-electron chi connectivity index (χ2n) is 4.09. The molecule has 3 N–H and O–H groups in total. The molecule has 0 aliphatic carbocycles. The summed E-state index contributed by atoms with van der Waals surface area (Å²) in [5.41, 5.74) is 2.86. The van der Waals surface area contributed by atoms with Crippen LogP contribution in [-0.2, 0) is 0 Å². The van der Waals surface area contributed by atoms with E-state index in [1.807, 2.05) is 6.07 Å². The van der Waals surface area contributed by atoms with Gasteiger partial charge in [-0.15, -0.1) is 0 Å². The molecule has 0 saturated heterocycles. The average molecular weight is 258 g/mol. The molecule has 19 heavy (non-hydrogen) atoms. The highest BCUT2D eigenvalue weighted by Gasteiger charge is 2.13. The molecule has 98 valence electrons. The summed E-state index contributed by atoms with van der Waals surface area (Å²) in [5.74, 6) is -0.260. The Morgan fingerprint density at radius 1 is 1.37 bits per heavy atom. The molecule has 0 aliphatic heterocycles. The van der Waals surface area contributed by atoms with Crippen molar-refractivity contribution in [3.63, 3.8) is 0 Å². The van der Waals surface area contributed by atoms with Crippen LogP contribution in [0.4, 0.5) is 5.69 Å². The van der Waals surface area contributed by atoms with Crippen LogP contribution in [0.2, 0.25) is 0 Å². The zero-order valence-corrected chi connectivity index (χ0v) is 10.6. The largest absolute Gasteiger partial charge is 0.411 e. The van der Waals surface area contributed by atoms with Gasteiger partial charge in [0.05, 0.1) is 23.2 Å². The highest BCUT2D eigenvalue weighted by Crippen LogP contribution is 2.17. The van der Waals surface area contributed by atoms with Gasteiger partial charge in [-0.05, 0) is 19.9 Å². The number of nitrogens with one attached hydrogen (secondary N) is 2. The number of rotatable bonds is 3. The quantitative estimate of drug-likeness (QED) is 0.447. The summed E-state index contributed by atoms with van der Waals surface area (Å²) in [6.45, 7) is 3.43. The molecular weight excluding hydrogens is 244 g/mol. The topological polar surface area (TPSA) is 90.4 Å². The molecule has 0 fully saturated rings. The maximum Gasteiger partial charge on any atom is 0.259 e. The van der Waals surface area contributed by atoms with Gasteiger partial charge in [-0.2, -0.15) is 5.10 Å². The summed E-state index contributed by atoms with van der Waals surface area (Å²) in [4.78, 5) is 12.1. The first kappa shape index (κ1) is 12.8. The molecule has 1 aromatic heterocycles. The van der Waals surface area contributed by atoms with Gasteiger partial charge >= 0.3 is 0 Å². The normalized spacial score (nSPS) is 11.4. The predicted octanol–water partition coefficient (Wildman–Crippen LogP) is 2.17. The van der Waals surface area contributed by atoms with E-state index in [-0.39, 0.29) is 5.91 Å². The van der Waals surface area contributed by atoms with E-state index in [1.165, 1.54) is 6.20 Å². The third-order valence-electron chi connectivity index (χ3n) is 2.79. The van der Waals surface area contributed by atoms with Crippen LogP contribution in [0.5, 0.6) is 0 Å². The number of para-hydroxylation sites is 1. The lowest BCUT2D eigenvalue weighted by atomic mass is 10.1. The Morgan fingerprint density at radius 3 is 2.74 bits per heavy atom. The van der Waals surface area contributed by atoms with E-state index < -0.39 is 0 Å². The average Bonchev–Trinajstić information content (AvgIpc) is 2.85. The molecule has 2 rings (SSSR count). The monoisotopic (exact) mass is 258 g/mol.